The molecule has 2 aliphatic heterocycles. The summed E-state index contributed by atoms with van der Waals surface area (Å²) in [4.78, 5) is 2.61. The first-order valence-electron chi connectivity index (χ1n) is 7.52. The second kappa shape index (κ2) is 5.68. The zero-order chi connectivity index (χ0) is 15.0. The molecule has 0 spiro atoms. The number of nitrogens with zero attached hydrogens (tertiary/aromatic N) is 1. The van der Waals surface area contributed by atoms with Crippen LogP contribution in [0.2, 0.25) is 0 Å². The Morgan fingerprint density at radius 1 is 1.33 bits per heavy atom. The van der Waals surface area contributed by atoms with Crippen molar-refractivity contribution >= 4 is 10.0 Å². The molecule has 0 aromatic heterocycles. The third-order valence-corrected chi connectivity index (χ3v) is 6.05. The van der Waals surface area contributed by atoms with E-state index in [-0.39, 0.29) is 10.9 Å². The van der Waals surface area contributed by atoms with Crippen LogP contribution in [0.4, 0.5) is 0 Å². The van der Waals surface area contributed by atoms with Crippen LogP contribution in [-0.2, 0) is 10.0 Å². The number of fused-ring (bicyclic) bond motifs is 1. The van der Waals surface area contributed by atoms with E-state index < -0.39 is 16.1 Å². The molecule has 3 atom stereocenters. The maximum atomic E-state index is 12.5. The summed E-state index contributed by atoms with van der Waals surface area (Å²) in [5.74, 6) is 0. The second-order valence-corrected chi connectivity index (χ2v) is 7.72. The van der Waals surface area contributed by atoms with Crippen molar-refractivity contribution in [3.05, 3.63) is 29.8 Å². The van der Waals surface area contributed by atoms with Crippen LogP contribution in [0.1, 0.15) is 37.9 Å². The summed E-state index contributed by atoms with van der Waals surface area (Å²) in [7, 11) is -3.53. The summed E-state index contributed by atoms with van der Waals surface area (Å²) < 4.78 is 27.9. The van der Waals surface area contributed by atoms with E-state index in [9.17, 15) is 13.5 Å². The van der Waals surface area contributed by atoms with Crippen LogP contribution in [0.5, 0.6) is 0 Å². The first kappa shape index (κ1) is 15.0. The average Bonchev–Trinajstić information content (AvgIpc) is 3.04. The normalized spacial score (nSPS) is 27.7. The Labute approximate surface area is 126 Å². The van der Waals surface area contributed by atoms with Gasteiger partial charge in [0.05, 0.1) is 11.0 Å². The fourth-order valence-corrected chi connectivity index (χ4v) is 4.79. The molecule has 2 N–H and O–H groups in total. The van der Waals surface area contributed by atoms with E-state index in [0.29, 0.717) is 11.6 Å². The topological polar surface area (TPSA) is 69.6 Å². The lowest BCUT2D eigenvalue weighted by Gasteiger charge is -2.21. The number of aliphatic hydroxyl groups is 1. The molecule has 2 aliphatic rings. The molecule has 1 aromatic rings. The Morgan fingerprint density at radius 3 is 2.90 bits per heavy atom. The van der Waals surface area contributed by atoms with Crippen LogP contribution >= 0.6 is 0 Å². The summed E-state index contributed by atoms with van der Waals surface area (Å²) in [5.41, 5.74) is 0.617. The van der Waals surface area contributed by atoms with Crippen LogP contribution in [0.3, 0.4) is 0 Å². The van der Waals surface area contributed by atoms with Crippen molar-refractivity contribution in [2.24, 2.45) is 0 Å². The number of rotatable bonds is 4. The molecular formula is C15H22N2O3S. The molecule has 0 radical (unpaired) electrons. The zero-order valence-electron chi connectivity index (χ0n) is 12.2. The third kappa shape index (κ3) is 2.99. The molecule has 0 saturated carbocycles. The Hall–Kier alpha value is -0.950. The van der Waals surface area contributed by atoms with Crippen molar-refractivity contribution in [1.29, 1.82) is 0 Å². The third-order valence-electron chi connectivity index (χ3n) is 4.56. The molecule has 2 fully saturated rings. The average molecular weight is 310 g/mol. The fourth-order valence-electron chi connectivity index (χ4n) is 3.43. The molecule has 0 amide bonds. The highest BCUT2D eigenvalue weighted by Crippen LogP contribution is 2.29. The number of sulfonamides is 1. The van der Waals surface area contributed by atoms with Crippen LogP contribution < -0.4 is 4.72 Å². The van der Waals surface area contributed by atoms with Crippen molar-refractivity contribution in [2.75, 3.05) is 13.1 Å². The summed E-state index contributed by atoms with van der Waals surface area (Å²) in [5, 5.41) is 9.60. The van der Waals surface area contributed by atoms with Crippen LogP contribution in [-0.4, -0.2) is 43.6 Å². The van der Waals surface area contributed by atoms with Crippen molar-refractivity contribution in [2.45, 2.75) is 49.3 Å². The zero-order valence-corrected chi connectivity index (χ0v) is 13.0. The Balaban J connectivity index is 1.79. The van der Waals surface area contributed by atoms with E-state index >= 15 is 0 Å². The van der Waals surface area contributed by atoms with E-state index in [4.69, 9.17) is 0 Å². The van der Waals surface area contributed by atoms with Gasteiger partial charge in [-0.05, 0) is 50.4 Å². The summed E-state index contributed by atoms with van der Waals surface area (Å²) >= 11 is 0. The largest absolute Gasteiger partial charge is 0.389 e. The second-order valence-electron chi connectivity index (χ2n) is 6.01. The SMILES string of the molecule is CC(O)c1cccc(S(=O)(=O)NC2CCN3CCCC23)c1. The van der Waals surface area contributed by atoms with Crippen molar-refractivity contribution in [3.8, 4) is 0 Å². The Morgan fingerprint density at radius 2 is 2.14 bits per heavy atom. The summed E-state index contributed by atoms with van der Waals surface area (Å²) in [6.07, 6.45) is 2.43. The van der Waals surface area contributed by atoms with Gasteiger partial charge in [0.2, 0.25) is 10.0 Å². The molecule has 2 heterocycles. The van der Waals surface area contributed by atoms with Crippen molar-refractivity contribution in [1.82, 2.24) is 9.62 Å². The molecule has 0 aliphatic carbocycles. The highest BCUT2D eigenvalue weighted by atomic mass is 32.2. The highest BCUT2D eigenvalue weighted by Gasteiger charge is 2.39. The van der Waals surface area contributed by atoms with Crippen LogP contribution in [0.15, 0.2) is 29.2 Å². The van der Waals surface area contributed by atoms with Gasteiger partial charge in [0, 0.05) is 18.6 Å². The van der Waals surface area contributed by atoms with Gasteiger partial charge in [-0.2, -0.15) is 0 Å². The van der Waals surface area contributed by atoms with Gasteiger partial charge < -0.3 is 5.11 Å². The predicted octanol–water partition coefficient (Wildman–Crippen LogP) is 1.25. The molecule has 3 rings (SSSR count). The van der Waals surface area contributed by atoms with Gasteiger partial charge >= 0.3 is 0 Å². The van der Waals surface area contributed by atoms with E-state index in [1.54, 1.807) is 31.2 Å². The smallest absolute Gasteiger partial charge is 0.240 e. The Kier molecular flexibility index (Phi) is 4.05. The first-order valence-corrected chi connectivity index (χ1v) is 9.00. The van der Waals surface area contributed by atoms with E-state index in [1.165, 1.54) is 0 Å². The summed E-state index contributed by atoms with van der Waals surface area (Å²) in [6, 6.07) is 6.89. The monoisotopic (exact) mass is 310 g/mol. The van der Waals surface area contributed by atoms with Gasteiger partial charge in [0.1, 0.15) is 0 Å². The molecule has 21 heavy (non-hydrogen) atoms. The molecule has 3 unspecified atom stereocenters. The number of hydrogen-bond acceptors (Lipinski definition) is 4. The predicted molar refractivity (Wildman–Crippen MR) is 80.4 cm³/mol. The van der Waals surface area contributed by atoms with Gasteiger partial charge in [-0.25, -0.2) is 13.1 Å². The molecule has 116 valence electrons. The van der Waals surface area contributed by atoms with Gasteiger partial charge in [0.15, 0.2) is 0 Å². The quantitative estimate of drug-likeness (QED) is 0.878. The molecule has 1 aromatic carbocycles. The van der Waals surface area contributed by atoms with Gasteiger partial charge in [0.25, 0.3) is 0 Å². The van der Waals surface area contributed by atoms with E-state index in [2.05, 4.69) is 9.62 Å². The lowest BCUT2D eigenvalue weighted by molar-refractivity contribution is 0.199. The molecule has 5 nitrogen and oxygen atoms in total. The standard InChI is InChI=1S/C15H22N2O3S/c1-11(18)12-4-2-5-13(10-12)21(19,20)16-14-7-9-17-8-3-6-15(14)17/h2,4-5,10-11,14-16,18H,3,6-9H2,1H3. The van der Waals surface area contributed by atoms with Crippen molar-refractivity contribution in [3.63, 3.8) is 0 Å². The van der Waals surface area contributed by atoms with Crippen LogP contribution in [0, 0.1) is 0 Å². The minimum atomic E-state index is -3.53. The number of hydrogen-bond donors (Lipinski definition) is 2. The maximum Gasteiger partial charge on any atom is 0.240 e. The lowest BCUT2D eigenvalue weighted by atomic mass is 10.1. The van der Waals surface area contributed by atoms with Gasteiger partial charge in [-0.3, -0.25) is 4.90 Å². The molecule has 0 bridgehead atoms. The number of aliphatic hydroxyl groups excluding tert-OH is 1. The molecule has 2 saturated heterocycles. The van der Waals surface area contributed by atoms with Gasteiger partial charge in [-0.1, -0.05) is 12.1 Å². The number of nitrogens with one attached hydrogen (secondary N) is 1. The highest BCUT2D eigenvalue weighted by molar-refractivity contribution is 7.89. The van der Waals surface area contributed by atoms with Crippen molar-refractivity contribution < 1.29 is 13.5 Å². The molecule has 6 heteroatoms. The van der Waals surface area contributed by atoms with E-state index in [0.717, 1.165) is 32.4 Å². The van der Waals surface area contributed by atoms with Crippen LogP contribution in [0.25, 0.3) is 0 Å². The Bertz CT molecular complexity index is 615. The summed E-state index contributed by atoms with van der Waals surface area (Å²) in [6.45, 7) is 3.69. The first-order chi connectivity index (χ1) is 9.97. The number of benzene rings is 1. The minimum Gasteiger partial charge on any atom is -0.389 e. The van der Waals surface area contributed by atoms with E-state index in [1.807, 2.05) is 0 Å². The fraction of sp³-hybridized carbons (Fsp3) is 0.600. The lowest BCUT2D eigenvalue weighted by Crippen LogP contribution is -2.42. The minimum absolute atomic E-state index is 0.00714. The maximum absolute atomic E-state index is 12.5. The molecular weight excluding hydrogens is 288 g/mol. The van der Waals surface area contributed by atoms with Gasteiger partial charge in [-0.15, -0.1) is 0 Å².